The average molecular weight is 174 g/mol. The molecule has 0 saturated heterocycles. The molecule has 0 saturated carbocycles. The highest BCUT2D eigenvalue weighted by molar-refractivity contribution is 5.34. The molecule has 0 amide bonds. The number of rotatable bonds is 2. The molecule has 1 unspecified atom stereocenters. The van der Waals surface area contributed by atoms with E-state index in [0.717, 1.165) is 5.56 Å². The highest BCUT2D eigenvalue weighted by atomic mass is 16.3. The Bertz CT molecular complexity index is 318. The second-order valence-electron chi connectivity index (χ2n) is 3.23. The lowest BCUT2D eigenvalue weighted by atomic mass is 9.84. The molecule has 0 fully saturated rings. The lowest BCUT2D eigenvalue weighted by Crippen LogP contribution is -2.24. The molecule has 0 bridgehead atoms. The van der Waals surface area contributed by atoms with Gasteiger partial charge in [0.25, 0.3) is 0 Å². The Balaban J connectivity index is 3.08. The number of hydrogen-bond donors (Lipinski definition) is 1. The van der Waals surface area contributed by atoms with Crippen molar-refractivity contribution in [3.63, 3.8) is 0 Å². The highest BCUT2D eigenvalue weighted by Gasteiger charge is 2.22. The van der Waals surface area contributed by atoms with Gasteiger partial charge in [-0.05, 0) is 19.4 Å². The van der Waals surface area contributed by atoms with E-state index in [0.29, 0.717) is 0 Å². The topological polar surface area (TPSA) is 20.2 Å². The summed E-state index contributed by atoms with van der Waals surface area (Å²) in [7, 11) is 0. The third-order valence-corrected chi connectivity index (χ3v) is 2.13. The fourth-order valence-electron chi connectivity index (χ4n) is 1.28. The molecule has 13 heavy (non-hydrogen) atoms. The minimum Gasteiger partial charge on any atom is -0.394 e. The van der Waals surface area contributed by atoms with Gasteiger partial charge in [0.05, 0.1) is 12.0 Å². The Morgan fingerprint density at radius 1 is 1.31 bits per heavy atom. The second-order valence-corrected chi connectivity index (χ2v) is 3.23. The van der Waals surface area contributed by atoms with Crippen LogP contribution in [-0.2, 0) is 5.41 Å². The summed E-state index contributed by atoms with van der Waals surface area (Å²) in [6, 6.07) is 9.85. The molecule has 0 aliphatic heterocycles. The van der Waals surface area contributed by atoms with Gasteiger partial charge in [-0.2, -0.15) is 0 Å². The fourth-order valence-corrected chi connectivity index (χ4v) is 1.28. The number of aliphatic hydroxyl groups is 1. The van der Waals surface area contributed by atoms with E-state index in [-0.39, 0.29) is 6.61 Å². The van der Waals surface area contributed by atoms with Crippen molar-refractivity contribution in [2.75, 3.05) is 6.61 Å². The first-order valence-electron chi connectivity index (χ1n) is 4.33. The van der Waals surface area contributed by atoms with Gasteiger partial charge in [0, 0.05) is 0 Å². The fraction of sp³-hybridized carbons (Fsp3) is 0.333. The van der Waals surface area contributed by atoms with E-state index < -0.39 is 5.41 Å². The maximum Gasteiger partial charge on any atom is 0.0764 e. The van der Waals surface area contributed by atoms with Crippen molar-refractivity contribution < 1.29 is 5.11 Å². The molecule has 1 rings (SSSR count). The van der Waals surface area contributed by atoms with Crippen LogP contribution >= 0.6 is 0 Å². The Morgan fingerprint density at radius 2 is 1.92 bits per heavy atom. The summed E-state index contributed by atoms with van der Waals surface area (Å²) in [5.41, 5.74) is 0.641. The molecule has 0 aromatic heterocycles. The SMILES string of the molecule is CC#CC(C)(CO)c1ccccc1. The molecular weight excluding hydrogens is 160 g/mol. The van der Waals surface area contributed by atoms with Gasteiger partial charge in [-0.15, -0.1) is 5.92 Å². The van der Waals surface area contributed by atoms with Crippen molar-refractivity contribution >= 4 is 0 Å². The van der Waals surface area contributed by atoms with Gasteiger partial charge in [-0.1, -0.05) is 36.3 Å². The van der Waals surface area contributed by atoms with Crippen LogP contribution in [0.1, 0.15) is 19.4 Å². The molecule has 0 spiro atoms. The quantitative estimate of drug-likeness (QED) is 0.679. The van der Waals surface area contributed by atoms with Crippen LogP contribution in [0.25, 0.3) is 0 Å². The van der Waals surface area contributed by atoms with Gasteiger partial charge in [-0.25, -0.2) is 0 Å². The van der Waals surface area contributed by atoms with E-state index in [1.54, 1.807) is 6.92 Å². The first-order valence-corrected chi connectivity index (χ1v) is 4.33. The molecule has 0 radical (unpaired) electrons. The Kier molecular flexibility index (Phi) is 3.11. The van der Waals surface area contributed by atoms with Crippen LogP contribution in [0.15, 0.2) is 30.3 Å². The van der Waals surface area contributed by atoms with E-state index in [2.05, 4.69) is 11.8 Å². The third-order valence-electron chi connectivity index (χ3n) is 2.13. The molecule has 1 heteroatoms. The smallest absolute Gasteiger partial charge is 0.0764 e. The number of aliphatic hydroxyl groups excluding tert-OH is 1. The third kappa shape index (κ3) is 2.11. The number of hydrogen-bond acceptors (Lipinski definition) is 1. The van der Waals surface area contributed by atoms with Gasteiger partial charge >= 0.3 is 0 Å². The predicted octanol–water partition coefficient (Wildman–Crippen LogP) is 1.96. The predicted molar refractivity (Wildman–Crippen MR) is 54.3 cm³/mol. The first-order chi connectivity index (χ1) is 6.23. The van der Waals surface area contributed by atoms with Gasteiger partial charge in [0.2, 0.25) is 0 Å². The van der Waals surface area contributed by atoms with E-state index in [1.165, 1.54) is 0 Å². The van der Waals surface area contributed by atoms with Gasteiger partial charge in [0.1, 0.15) is 0 Å². The van der Waals surface area contributed by atoms with E-state index in [1.807, 2.05) is 37.3 Å². The van der Waals surface area contributed by atoms with Crippen LogP contribution in [0.2, 0.25) is 0 Å². The highest BCUT2D eigenvalue weighted by Crippen LogP contribution is 2.21. The lowest BCUT2D eigenvalue weighted by molar-refractivity contribution is 0.241. The minimum atomic E-state index is -0.421. The second kappa shape index (κ2) is 4.11. The summed E-state index contributed by atoms with van der Waals surface area (Å²) in [5.74, 6) is 5.87. The Hall–Kier alpha value is -1.26. The Morgan fingerprint density at radius 3 is 2.38 bits per heavy atom. The largest absolute Gasteiger partial charge is 0.394 e. The van der Waals surface area contributed by atoms with Crippen molar-refractivity contribution in [1.29, 1.82) is 0 Å². The molecule has 68 valence electrons. The number of benzene rings is 1. The van der Waals surface area contributed by atoms with Crippen LogP contribution in [0.4, 0.5) is 0 Å². The molecule has 0 aliphatic rings. The summed E-state index contributed by atoms with van der Waals surface area (Å²) in [6.45, 7) is 3.79. The van der Waals surface area contributed by atoms with E-state index in [4.69, 9.17) is 0 Å². The van der Waals surface area contributed by atoms with Crippen molar-refractivity contribution in [1.82, 2.24) is 0 Å². The summed E-state index contributed by atoms with van der Waals surface area (Å²) in [4.78, 5) is 0. The first kappa shape index (κ1) is 9.83. The molecule has 0 heterocycles. The van der Waals surface area contributed by atoms with Crippen LogP contribution in [0.3, 0.4) is 0 Å². The monoisotopic (exact) mass is 174 g/mol. The van der Waals surface area contributed by atoms with Crippen LogP contribution < -0.4 is 0 Å². The van der Waals surface area contributed by atoms with Crippen LogP contribution in [-0.4, -0.2) is 11.7 Å². The summed E-state index contributed by atoms with van der Waals surface area (Å²) in [5, 5.41) is 9.27. The molecule has 1 atom stereocenters. The standard InChI is InChI=1S/C12H14O/c1-3-9-12(2,10-13)11-7-5-4-6-8-11/h4-8,13H,10H2,1-2H3. The van der Waals surface area contributed by atoms with Crippen molar-refractivity contribution in [2.24, 2.45) is 0 Å². The lowest BCUT2D eigenvalue weighted by Gasteiger charge is -2.20. The van der Waals surface area contributed by atoms with Gasteiger partial charge < -0.3 is 5.11 Å². The Labute approximate surface area is 79.4 Å². The zero-order valence-corrected chi connectivity index (χ0v) is 8.04. The molecule has 1 nitrogen and oxygen atoms in total. The van der Waals surface area contributed by atoms with Gasteiger partial charge in [0.15, 0.2) is 0 Å². The van der Waals surface area contributed by atoms with E-state index >= 15 is 0 Å². The summed E-state index contributed by atoms with van der Waals surface area (Å²) >= 11 is 0. The molecule has 0 aliphatic carbocycles. The van der Waals surface area contributed by atoms with Crippen LogP contribution in [0, 0.1) is 11.8 Å². The summed E-state index contributed by atoms with van der Waals surface area (Å²) < 4.78 is 0. The zero-order chi connectivity index (χ0) is 9.73. The van der Waals surface area contributed by atoms with E-state index in [9.17, 15) is 5.11 Å². The normalized spacial score (nSPS) is 14.1. The van der Waals surface area contributed by atoms with Crippen molar-refractivity contribution in [3.05, 3.63) is 35.9 Å². The summed E-state index contributed by atoms with van der Waals surface area (Å²) in [6.07, 6.45) is 0. The van der Waals surface area contributed by atoms with Crippen molar-refractivity contribution in [2.45, 2.75) is 19.3 Å². The average Bonchev–Trinajstić information content (AvgIpc) is 2.19. The molecule has 1 N–H and O–H groups in total. The van der Waals surface area contributed by atoms with Gasteiger partial charge in [-0.3, -0.25) is 0 Å². The molecule has 1 aromatic carbocycles. The maximum atomic E-state index is 9.27. The molecule has 1 aromatic rings. The molecular formula is C12H14O. The zero-order valence-electron chi connectivity index (χ0n) is 8.04. The minimum absolute atomic E-state index is 0.0534. The van der Waals surface area contributed by atoms with Crippen molar-refractivity contribution in [3.8, 4) is 11.8 Å². The van der Waals surface area contributed by atoms with Crippen LogP contribution in [0.5, 0.6) is 0 Å². The maximum absolute atomic E-state index is 9.27.